The number of amides is 1. The zero-order chi connectivity index (χ0) is 10.3. The third-order valence-electron chi connectivity index (χ3n) is 1.24. The maximum atomic E-state index is 11.0. The molecular weight excluding hydrogens is 192 g/mol. The highest BCUT2D eigenvalue weighted by Gasteiger charge is 2.12. The van der Waals surface area contributed by atoms with E-state index in [1.165, 1.54) is 18.7 Å². The van der Waals surface area contributed by atoms with E-state index < -0.39 is 12.0 Å². The molecule has 0 fully saturated rings. The van der Waals surface area contributed by atoms with Crippen LogP contribution < -0.4 is 11.1 Å². The molecule has 0 aliphatic rings. The number of carboxylic acids is 1. The number of carbonyl (C=O) groups excluding carboxylic acids is 1. The van der Waals surface area contributed by atoms with Gasteiger partial charge in [-0.15, -0.1) is 0 Å². The van der Waals surface area contributed by atoms with Gasteiger partial charge >= 0.3 is 5.97 Å². The van der Waals surface area contributed by atoms with Gasteiger partial charge in [0, 0.05) is 12.3 Å². The summed E-state index contributed by atoms with van der Waals surface area (Å²) in [6, 6.07) is -0.828. The molecule has 1 unspecified atom stereocenters. The highest BCUT2D eigenvalue weighted by molar-refractivity contribution is 7.99. The van der Waals surface area contributed by atoms with E-state index in [1.807, 2.05) is 0 Å². The molecule has 6 heteroatoms. The van der Waals surface area contributed by atoms with E-state index in [0.29, 0.717) is 12.3 Å². The van der Waals surface area contributed by atoms with Gasteiger partial charge in [0.1, 0.15) is 6.04 Å². The molecule has 0 aromatic rings. The van der Waals surface area contributed by atoms with Crippen molar-refractivity contribution in [3.63, 3.8) is 0 Å². The fraction of sp³-hybridized carbons (Fsp3) is 0.714. The van der Waals surface area contributed by atoms with Gasteiger partial charge in [0.05, 0.1) is 5.75 Å². The molecule has 0 heterocycles. The quantitative estimate of drug-likeness (QED) is 0.498. The first kappa shape index (κ1) is 12.2. The van der Waals surface area contributed by atoms with Crippen LogP contribution in [0.4, 0.5) is 0 Å². The van der Waals surface area contributed by atoms with Crippen molar-refractivity contribution < 1.29 is 14.7 Å². The van der Waals surface area contributed by atoms with Crippen LogP contribution in [0.15, 0.2) is 0 Å². The van der Waals surface area contributed by atoms with Crippen molar-refractivity contribution in [2.75, 3.05) is 18.1 Å². The summed E-state index contributed by atoms with van der Waals surface area (Å²) in [5, 5.41) is 10.8. The number of thioether (sulfide) groups is 1. The summed E-state index contributed by atoms with van der Waals surface area (Å²) < 4.78 is 0. The molecule has 0 saturated carbocycles. The lowest BCUT2D eigenvalue weighted by Gasteiger charge is -2.08. The van der Waals surface area contributed by atoms with Crippen molar-refractivity contribution >= 4 is 23.6 Å². The van der Waals surface area contributed by atoms with E-state index in [4.69, 9.17) is 10.8 Å². The van der Waals surface area contributed by atoms with Gasteiger partial charge in [0.15, 0.2) is 0 Å². The van der Waals surface area contributed by atoms with Crippen molar-refractivity contribution in [3.05, 3.63) is 0 Å². The summed E-state index contributed by atoms with van der Waals surface area (Å²) in [6.45, 7) is 1.94. The third kappa shape index (κ3) is 6.41. The smallest absolute Gasteiger partial charge is 0.325 e. The lowest BCUT2D eigenvalue weighted by Crippen LogP contribution is -2.39. The first-order chi connectivity index (χ1) is 6.07. The monoisotopic (exact) mass is 206 g/mol. The van der Waals surface area contributed by atoms with Gasteiger partial charge in [-0.1, -0.05) is 0 Å². The molecule has 5 nitrogen and oxygen atoms in total. The summed E-state index contributed by atoms with van der Waals surface area (Å²) >= 11 is 1.39. The topological polar surface area (TPSA) is 92.4 Å². The van der Waals surface area contributed by atoms with Crippen LogP contribution in [0.1, 0.15) is 6.92 Å². The van der Waals surface area contributed by atoms with Gasteiger partial charge in [0.25, 0.3) is 0 Å². The van der Waals surface area contributed by atoms with Crippen LogP contribution in [0.2, 0.25) is 0 Å². The molecule has 0 bridgehead atoms. The van der Waals surface area contributed by atoms with Crippen LogP contribution in [-0.4, -0.2) is 41.1 Å². The maximum absolute atomic E-state index is 11.0. The SMILES string of the molecule is CC(NC(=O)CSCCN)C(=O)O. The Morgan fingerprint density at radius 1 is 1.62 bits per heavy atom. The van der Waals surface area contributed by atoms with Gasteiger partial charge in [-0.05, 0) is 6.92 Å². The Morgan fingerprint density at radius 2 is 2.23 bits per heavy atom. The summed E-state index contributed by atoms with van der Waals surface area (Å²) in [4.78, 5) is 21.3. The molecule has 76 valence electrons. The Bertz CT molecular complexity index is 187. The van der Waals surface area contributed by atoms with E-state index in [1.54, 1.807) is 0 Å². The first-order valence-corrected chi connectivity index (χ1v) is 5.03. The van der Waals surface area contributed by atoms with Crippen LogP contribution >= 0.6 is 11.8 Å². The Hall–Kier alpha value is -0.750. The van der Waals surface area contributed by atoms with Crippen molar-refractivity contribution in [1.29, 1.82) is 0 Å². The number of hydrogen-bond donors (Lipinski definition) is 3. The Kier molecular flexibility index (Phi) is 6.34. The fourth-order valence-corrected chi connectivity index (χ4v) is 1.17. The van der Waals surface area contributed by atoms with Crippen molar-refractivity contribution in [3.8, 4) is 0 Å². The third-order valence-corrected chi connectivity index (χ3v) is 2.23. The maximum Gasteiger partial charge on any atom is 0.325 e. The van der Waals surface area contributed by atoms with Crippen LogP contribution in [0.3, 0.4) is 0 Å². The number of nitrogens with one attached hydrogen (secondary N) is 1. The van der Waals surface area contributed by atoms with E-state index in [2.05, 4.69) is 5.32 Å². The standard InChI is InChI=1S/C7H14N2O3S/c1-5(7(11)12)9-6(10)4-13-3-2-8/h5H,2-4,8H2,1H3,(H,9,10)(H,11,12). The molecule has 0 aromatic heterocycles. The second-order valence-electron chi connectivity index (χ2n) is 2.47. The second-order valence-corrected chi connectivity index (χ2v) is 3.57. The highest BCUT2D eigenvalue weighted by atomic mass is 32.2. The molecule has 1 amide bonds. The first-order valence-electron chi connectivity index (χ1n) is 3.88. The number of hydrogen-bond acceptors (Lipinski definition) is 4. The minimum absolute atomic E-state index is 0.259. The average molecular weight is 206 g/mol. The largest absolute Gasteiger partial charge is 0.480 e. The zero-order valence-electron chi connectivity index (χ0n) is 7.45. The van der Waals surface area contributed by atoms with E-state index in [9.17, 15) is 9.59 Å². The highest BCUT2D eigenvalue weighted by Crippen LogP contribution is 1.96. The Labute approximate surface area is 81.1 Å². The van der Waals surface area contributed by atoms with Crippen molar-refractivity contribution in [1.82, 2.24) is 5.32 Å². The van der Waals surface area contributed by atoms with Crippen LogP contribution in [0.5, 0.6) is 0 Å². The lowest BCUT2D eigenvalue weighted by molar-refractivity contribution is -0.140. The van der Waals surface area contributed by atoms with Crippen LogP contribution in [0.25, 0.3) is 0 Å². The predicted octanol–water partition coefficient (Wildman–Crippen LogP) is -0.732. The summed E-state index contributed by atoms with van der Waals surface area (Å²) in [5.74, 6) is -0.338. The predicted molar refractivity (Wildman–Crippen MR) is 51.6 cm³/mol. The summed E-state index contributed by atoms with van der Waals surface area (Å²) in [7, 11) is 0. The molecule has 0 aromatic carbocycles. The number of carboxylic acid groups (broad SMARTS) is 1. The van der Waals surface area contributed by atoms with Crippen LogP contribution in [0, 0.1) is 0 Å². The molecular formula is C7H14N2O3S. The molecule has 1 atom stereocenters. The molecule has 4 N–H and O–H groups in total. The normalized spacial score (nSPS) is 12.2. The lowest BCUT2D eigenvalue weighted by atomic mass is 10.3. The summed E-state index contributed by atoms with van der Waals surface area (Å²) in [6.07, 6.45) is 0. The van der Waals surface area contributed by atoms with Gasteiger partial charge in [-0.25, -0.2) is 0 Å². The van der Waals surface area contributed by atoms with Gasteiger partial charge < -0.3 is 16.2 Å². The van der Waals surface area contributed by atoms with Crippen molar-refractivity contribution in [2.45, 2.75) is 13.0 Å². The minimum atomic E-state index is -1.03. The number of nitrogens with two attached hydrogens (primary N) is 1. The second kappa shape index (κ2) is 6.73. The molecule has 0 saturated heterocycles. The van der Waals surface area contributed by atoms with E-state index in [-0.39, 0.29) is 11.7 Å². The van der Waals surface area contributed by atoms with Gasteiger partial charge in [-0.2, -0.15) is 11.8 Å². The Balaban J connectivity index is 3.56. The number of rotatable bonds is 6. The van der Waals surface area contributed by atoms with E-state index >= 15 is 0 Å². The summed E-state index contributed by atoms with van der Waals surface area (Å²) in [5.41, 5.74) is 5.22. The molecule has 0 aliphatic heterocycles. The van der Waals surface area contributed by atoms with Gasteiger partial charge in [-0.3, -0.25) is 9.59 Å². The minimum Gasteiger partial charge on any atom is -0.480 e. The number of aliphatic carboxylic acids is 1. The number of carbonyl (C=O) groups is 2. The van der Waals surface area contributed by atoms with E-state index in [0.717, 1.165) is 0 Å². The molecule has 13 heavy (non-hydrogen) atoms. The van der Waals surface area contributed by atoms with Crippen LogP contribution in [-0.2, 0) is 9.59 Å². The molecule has 0 rings (SSSR count). The molecule has 0 spiro atoms. The molecule has 0 aliphatic carbocycles. The fourth-order valence-electron chi connectivity index (χ4n) is 0.593. The average Bonchev–Trinajstić information content (AvgIpc) is 2.04. The Morgan fingerprint density at radius 3 is 2.69 bits per heavy atom. The van der Waals surface area contributed by atoms with Crippen molar-refractivity contribution in [2.24, 2.45) is 5.73 Å². The molecule has 0 radical (unpaired) electrons. The van der Waals surface area contributed by atoms with Gasteiger partial charge in [0.2, 0.25) is 5.91 Å². The zero-order valence-corrected chi connectivity index (χ0v) is 8.26.